The van der Waals surface area contributed by atoms with Crippen LogP contribution in [0, 0.1) is 0 Å². The van der Waals surface area contributed by atoms with Gasteiger partial charge in [-0.2, -0.15) is 39.9 Å². The van der Waals surface area contributed by atoms with Gasteiger partial charge in [0.1, 0.15) is 5.75 Å². The molecule has 14 heteroatoms. The Morgan fingerprint density at radius 2 is 1.45 bits per heavy atom. The molecule has 0 fully saturated rings. The average molecular weight is 481 g/mol. The number of hydrogen-bond donors (Lipinski definition) is 2. The summed E-state index contributed by atoms with van der Waals surface area (Å²) in [6.07, 6.45) is -9.74. The zero-order chi connectivity index (χ0) is 22.2. The first-order valence-electron chi connectivity index (χ1n) is 7.13. The van der Waals surface area contributed by atoms with E-state index in [1.807, 2.05) is 0 Å². The van der Waals surface area contributed by atoms with E-state index in [2.05, 4.69) is 5.10 Å². The van der Waals surface area contributed by atoms with Crippen LogP contribution in [0.2, 0.25) is 10.0 Å². The SMILES string of the molecule is O=S(=O)(N/N=C/c1cc(Cl)cc(Cl)c1O)c1cc(C(F)(F)F)cc(C(F)(F)F)c1. The molecule has 0 aliphatic heterocycles. The van der Waals surface area contributed by atoms with Crippen molar-refractivity contribution >= 4 is 39.4 Å². The third-order valence-electron chi connectivity index (χ3n) is 3.31. The number of alkyl halides is 6. The molecule has 0 aliphatic carbocycles. The van der Waals surface area contributed by atoms with Gasteiger partial charge < -0.3 is 5.11 Å². The maximum atomic E-state index is 12.9. The highest BCUT2D eigenvalue weighted by Gasteiger charge is 2.38. The van der Waals surface area contributed by atoms with Crippen molar-refractivity contribution < 1.29 is 39.9 Å². The molecule has 0 spiro atoms. The number of aromatic hydroxyl groups is 1. The summed E-state index contributed by atoms with van der Waals surface area (Å²) < 4.78 is 101. The first-order chi connectivity index (χ1) is 13.1. The van der Waals surface area contributed by atoms with Crippen LogP contribution in [-0.2, 0) is 22.4 Å². The second kappa shape index (κ2) is 7.92. The molecule has 2 N–H and O–H groups in total. The van der Waals surface area contributed by atoms with E-state index in [4.69, 9.17) is 23.2 Å². The molecule has 2 aromatic carbocycles. The van der Waals surface area contributed by atoms with E-state index < -0.39 is 44.1 Å². The third-order valence-corrected chi connectivity index (χ3v) is 5.01. The standard InChI is InChI=1S/C15H8Cl2F6N2O3S/c16-10-1-7(13(26)12(17)5-10)6-24-25-29(27,28)11-3-8(14(18,19)20)2-9(4-11)15(21,22)23/h1-6,25-26H/b24-6+. The number of nitrogens with zero attached hydrogens (tertiary/aromatic N) is 1. The van der Waals surface area contributed by atoms with Crippen LogP contribution in [0.15, 0.2) is 40.3 Å². The summed E-state index contributed by atoms with van der Waals surface area (Å²) in [5.74, 6) is -0.530. The zero-order valence-electron chi connectivity index (χ0n) is 13.6. The van der Waals surface area contributed by atoms with Gasteiger partial charge in [-0.25, -0.2) is 4.83 Å². The highest BCUT2D eigenvalue weighted by Crippen LogP contribution is 2.37. The summed E-state index contributed by atoms with van der Waals surface area (Å²) in [6.45, 7) is 0. The number of benzene rings is 2. The number of halogens is 8. The van der Waals surface area contributed by atoms with Crippen molar-refractivity contribution in [2.45, 2.75) is 17.2 Å². The average Bonchev–Trinajstić information content (AvgIpc) is 2.57. The van der Waals surface area contributed by atoms with Crippen molar-refractivity contribution in [1.29, 1.82) is 0 Å². The number of phenols is 1. The van der Waals surface area contributed by atoms with Crippen LogP contribution in [0.4, 0.5) is 26.3 Å². The van der Waals surface area contributed by atoms with Crippen molar-refractivity contribution in [3.8, 4) is 5.75 Å². The molecule has 0 radical (unpaired) electrons. The molecule has 29 heavy (non-hydrogen) atoms. The van der Waals surface area contributed by atoms with Gasteiger partial charge in [0.25, 0.3) is 10.0 Å². The summed E-state index contributed by atoms with van der Waals surface area (Å²) in [5, 5.41) is 12.8. The molecule has 0 amide bonds. The molecule has 5 nitrogen and oxygen atoms in total. The topological polar surface area (TPSA) is 78.8 Å². The lowest BCUT2D eigenvalue weighted by molar-refractivity contribution is -0.143. The van der Waals surface area contributed by atoms with Gasteiger partial charge >= 0.3 is 12.4 Å². The molecule has 158 valence electrons. The van der Waals surface area contributed by atoms with Crippen LogP contribution in [0.5, 0.6) is 5.75 Å². The molecule has 0 aliphatic rings. The normalized spacial score (nSPS) is 13.1. The molecule has 2 rings (SSSR count). The van der Waals surface area contributed by atoms with Crippen molar-refractivity contribution in [3.05, 3.63) is 57.1 Å². The van der Waals surface area contributed by atoms with E-state index in [1.54, 1.807) is 0 Å². The first-order valence-corrected chi connectivity index (χ1v) is 9.37. The maximum absolute atomic E-state index is 12.9. The van der Waals surface area contributed by atoms with Crippen molar-refractivity contribution in [1.82, 2.24) is 4.83 Å². The largest absolute Gasteiger partial charge is 0.506 e. The number of rotatable bonds is 4. The van der Waals surface area contributed by atoms with E-state index in [0.29, 0.717) is 6.21 Å². The van der Waals surface area contributed by atoms with Gasteiger partial charge in [0.15, 0.2) is 0 Å². The van der Waals surface area contributed by atoms with E-state index >= 15 is 0 Å². The molecule has 0 heterocycles. The number of phenolic OH excluding ortho intramolecular Hbond substituents is 1. The minimum Gasteiger partial charge on any atom is -0.506 e. The molecule has 0 saturated carbocycles. The van der Waals surface area contributed by atoms with Crippen molar-refractivity contribution in [2.75, 3.05) is 0 Å². The lowest BCUT2D eigenvalue weighted by Gasteiger charge is -2.14. The predicted octanol–water partition coefficient (Wildman–Crippen LogP) is 5.05. The van der Waals surface area contributed by atoms with E-state index in [9.17, 15) is 39.9 Å². The molecule has 0 saturated heterocycles. The molecular weight excluding hydrogens is 473 g/mol. The molecular formula is C15H8Cl2F6N2O3S. The Labute approximate surface area is 169 Å². The summed E-state index contributed by atoms with van der Waals surface area (Å²) >= 11 is 11.4. The number of nitrogens with one attached hydrogen (secondary N) is 1. The van der Waals surface area contributed by atoms with Crippen LogP contribution >= 0.6 is 23.2 Å². The Morgan fingerprint density at radius 1 is 0.931 bits per heavy atom. The van der Waals surface area contributed by atoms with Gasteiger partial charge in [0, 0.05) is 10.6 Å². The first kappa shape index (κ1) is 23.1. The summed E-state index contributed by atoms with van der Waals surface area (Å²) in [5.41, 5.74) is -3.78. The van der Waals surface area contributed by atoms with Gasteiger partial charge in [-0.15, -0.1) is 0 Å². The van der Waals surface area contributed by atoms with Crippen molar-refractivity contribution in [3.63, 3.8) is 0 Å². The molecule has 0 bridgehead atoms. The maximum Gasteiger partial charge on any atom is 0.416 e. The van der Waals surface area contributed by atoms with Crippen molar-refractivity contribution in [2.24, 2.45) is 5.10 Å². The zero-order valence-corrected chi connectivity index (χ0v) is 15.9. The highest BCUT2D eigenvalue weighted by molar-refractivity contribution is 7.89. The second-order valence-electron chi connectivity index (χ2n) is 5.42. The monoisotopic (exact) mass is 480 g/mol. The number of sulfonamides is 1. The van der Waals surface area contributed by atoms with E-state index in [1.165, 1.54) is 10.9 Å². The third kappa shape index (κ3) is 5.67. The summed E-state index contributed by atoms with van der Waals surface area (Å²) in [6, 6.07) is 2.14. The van der Waals surface area contributed by atoms with Crippen LogP contribution in [0.3, 0.4) is 0 Å². The van der Waals surface area contributed by atoms with E-state index in [-0.39, 0.29) is 33.8 Å². The van der Waals surface area contributed by atoms with Crippen LogP contribution in [-0.4, -0.2) is 19.7 Å². The fourth-order valence-corrected chi connectivity index (χ4v) is 3.35. The van der Waals surface area contributed by atoms with Gasteiger partial charge in [-0.3, -0.25) is 0 Å². The van der Waals surface area contributed by atoms with Crippen LogP contribution < -0.4 is 4.83 Å². The minimum absolute atomic E-state index is 0.0286. The quantitative estimate of drug-likeness (QED) is 0.365. The van der Waals surface area contributed by atoms with Gasteiger partial charge in [-0.05, 0) is 30.3 Å². The fourth-order valence-electron chi connectivity index (χ4n) is 1.98. The van der Waals surface area contributed by atoms with Gasteiger partial charge in [0.05, 0.1) is 27.3 Å². The second-order valence-corrected chi connectivity index (χ2v) is 7.92. The Kier molecular flexibility index (Phi) is 6.31. The Hall–Kier alpha value is -2.18. The predicted molar refractivity (Wildman–Crippen MR) is 92.5 cm³/mol. The highest BCUT2D eigenvalue weighted by atomic mass is 35.5. The molecule has 2 aromatic rings. The van der Waals surface area contributed by atoms with Crippen LogP contribution in [0.25, 0.3) is 0 Å². The smallest absolute Gasteiger partial charge is 0.416 e. The van der Waals surface area contributed by atoms with Crippen LogP contribution in [0.1, 0.15) is 16.7 Å². The molecule has 0 unspecified atom stereocenters. The van der Waals surface area contributed by atoms with Gasteiger partial charge in [0.2, 0.25) is 0 Å². The minimum atomic E-state index is -5.22. The van der Waals surface area contributed by atoms with E-state index in [0.717, 1.165) is 6.07 Å². The Balaban J connectivity index is 2.43. The van der Waals surface area contributed by atoms with Gasteiger partial charge in [-0.1, -0.05) is 23.2 Å². The Bertz CT molecular complexity index is 1040. The fraction of sp³-hybridized carbons (Fsp3) is 0.133. The Morgan fingerprint density at radius 3 is 1.93 bits per heavy atom. The number of hydrazone groups is 1. The lowest BCUT2D eigenvalue weighted by atomic mass is 10.1. The molecule has 0 atom stereocenters. The number of hydrogen-bond acceptors (Lipinski definition) is 4. The molecule has 0 aromatic heterocycles. The summed E-state index contributed by atoms with van der Waals surface area (Å²) in [7, 11) is -4.92. The summed E-state index contributed by atoms with van der Waals surface area (Å²) in [4.78, 5) is 0.142. The lowest BCUT2D eigenvalue weighted by Crippen LogP contribution is -2.21.